The number of thiocarbonyl (C=S) groups is 1. The Kier molecular flexibility index (Phi) is 5.29. The van der Waals surface area contributed by atoms with Gasteiger partial charge in [-0.05, 0) is 51.9 Å². The molecule has 21 heavy (non-hydrogen) atoms. The van der Waals surface area contributed by atoms with Crippen LogP contribution in [-0.4, -0.2) is 28.2 Å². The second-order valence-corrected chi connectivity index (χ2v) is 5.52. The Morgan fingerprint density at radius 2 is 2.43 bits per heavy atom. The number of nitrogens with two attached hydrogens (primary N) is 1. The Morgan fingerprint density at radius 1 is 1.62 bits per heavy atom. The van der Waals surface area contributed by atoms with Crippen LogP contribution >= 0.6 is 28.1 Å². The molecule has 110 valence electrons. The zero-order valence-electron chi connectivity index (χ0n) is 11.3. The number of benzene rings is 1. The number of hydrogen-bond acceptors (Lipinski definition) is 4. The van der Waals surface area contributed by atoms with E-state index < -0.39 is 0 Å². The SMILES string of the molecule is COc1ccc(C=NNC(N)=S)cc1Cn1cc(Br)cn1. The lowest BCUT2D eigenvalue weighted by Crippen LogP contribution is -2.24. The van der Waals surface area contributed by atoms with Crippen molar-refractivity contribution in [2.24, 2.45) is 10.8 Å². The molecule has 0 fully saturated rings. The van der Waals surface area contributed by atoms with Crippen molar-refractivity contribution in [1.82, 2.24) is 15.2 Å². The maximum atomic E-state index is 5.37. The lowest BCUT2D eigenvalue weighted by atomic mass is 10.1. The third-order valence-corrected chi connectivity index (χ3v) is 3.13. The van der Waals surface area contributed by atoms with E-state index in [0.29, 0.717) is 6.54 Å². The van der Waals surface area contributed by atoms with Gasteiger partial charge in [0, 0.05) is 11.8 Å². The number of methoxy groups -OCH3 is 1. The van der Waals surface area contributed by atoms with Crippen molar-refractivity contribution < 1.29 is 4.74 Å². The Labute approximate surface area is 136 Å². The van der Waals surface area contributed by atoms with E-state index in [-0.39, 0.29) is 5.11 Å². The van der Waals surface area contributed by atoms with Crippen molar-refractivity contribution in [1.29, 1.82) is 0 Å². The van der Waals surface area contributed by atoms with Gasteiger partial charge in [0.15, 0.2) is 5.11 Å². The summed E-state index contributed by atoms with van der Waals surface area (Å²) in [6.07, 6.45) is 5.28. The van der Waals surface area contributed by atoms with E-state index in [0.717, 1.165) is 21.3 Å². The summed E-state index contributed by atoms with van der Waals surface area (Å²) in [5.41, 5.74) is 9.72. The normalized spacial score (nSPS) is 10.8. The smallest absolute Gasteiger partial charge is 0.184 e. The average Bonchev–Trinajstić information content (AvgIpc) is 2.84. The van der Waals surface area contributed by atoms with E-state index in [1.807, 2.05) is 29.1 Å². The van der Waals surface area contributed by atoms with Gasteiger partial charge in [-0.2, -0.15) is 10.2 Å². The van der Waals surface area contributed by atoms with Crippen molar-refractivity contribution in [2.75, 3.05) is 7.11 Å². The molecule has 1 aromatic heterocycles. The predicted octanol–water partition coefficient (Wildman–Crippen LogP) is 1.87. The van der Waals surface area contributed by atoms with Gasteiger partial charge >= 0.3 is 0 Å². The molecule has 0 aliphatic heterocycles. The quantitative estimate of drug-likeness (QED) is 0.479. The number of aromatic nitrogens is 2. The van der Waals surface area contributed by atoms with Crippen LogP contribution in [0.1, 0.15) is 11.1 Å². The molecule has 0 saturated carbocycles. The van der Waals surface area contributed by atoms with Crippen molar-refractivity contribution in [3.8, 4) is 5.75 Å². The highest BCUT2D eigenvalue weighted by atomic mass is 79.9. The predicted molar refractivity (Wildman–Crippen MR) is 89.5 cm³/mol. The first-order valence-corrected chi connectivity index (χ1v) is 7.22. The Morgan fingerprint density at radius 3 is 3.05 bits per heavy atom. The number of nitrogens with zero attached hydrogens (tertiary/aromatic N) is 3. The highest BCUT2D eigenvalue weighted by molar-refractivity contribution is 9.10. The van der Waals surface area contributed by atoms with Crippen LogP contribution in [0.25, 0.3) is 0 Å². The summed E-state index contributed by atoms with van der Waals surface area (Å²) in [5, 5.41) is 8.30. The van der Waals surface area contributed by atoms with Crippen LogP contribution in [0.5, 0.6) is 5.75 Å². The molecule has 0 bridgehead atoms. The molecule has 0 aliphatic rings. The number of halogens is 1. The van der Waals surface area contributed by atoms with Crippen molar-refractivity contribution in [3.05, 3.63) is 46.2 Å². The molecule has 6 nitrogen and oxygen atoms in total. The Bertz CT molecular complexity index is 670. The van der Waals surface area contributed by atoms with Gasteiger partial charge in [0.1, 0.15) is 5.75 Å². The summed E-state index contributed by atoms with van der Waals surface area (Å²) in [4.78, 5) is 0. The number of nitrogens with one attached hydrogen (secondary N) is 1. The number of hydrazone groups is 1. The first kappa shape index (κ1) is 15.5. The maximum Gasteiger partial charge on any atom is 0.184 e. The van der Waals surface area contributed by atoms with Gasteiger partial charge in [0.2, 0.25) is 0 Å². The monoisotopic (exact) mass is 367 g/mol. The summed E-state index contributed by atoms with van der Waals surface area (Å²) in [6.45, 7) is 0.596. The topological polar surface area (TPSA) is 77.5 Å². The summed E-state index contributed by atoms with van der Waals surface area (Å²) in [5.74, 6) is 0.793. The molecule has 1 aromatic carbocycles. The molecule has 2 rings (SSSR count). The standard InChI is InChI=1S/C13H14BrN5OS/c1-20-12-3-2-9(5-16-18-13(15)21)4-10(12)7-19-8-11(14)6-17-19/h2-6,8H,7H2,1H3,(H3,15,18,21). The molecule has 8 heteroatoms. The minimum absolute atomic E-state index is 0.126. The van der Waals surface area contributed by atoms with Crippen molar-refractivity contribution >= 4 is 39.5 Å². The van der Waals surface area contributed by atoms with Gasteiger partial charge in [-0.25, -0.2) is 0 Å². The molecule has 0 amide bonds. The van der Waals surface area contributed by atoms with Crippen molar-refractivity contribution in [3.63, 3.8) is 0 Å². The molecule has 0 saturated heterocycles. The van der Waals surface area contributed by atoms with Crippen LogP contribution in [0.3, 0.4) is 0 Å². The molecule has 0 aliphatic carbocycles. The average molecular weight is 368 g/mol. The maximum absolute atomic E-state index is 5.37. The largest absolute Gasteiger partial charge is 0.496 e. The molecule has 0 spiro atoms. The Balaban J connectivity index is 2.21. The fourth-order valence-electron chi connectivity index (χ4n) is 1.77. The van der Waals surface area contributed by atoms with E-state index in [1.54, 1.807) is 19.5 Å². The van der Waals surface area contributed by atoms with E-state index in [4.69, 9.17) is 10.5 Å². The van der Waals surface area contributed by atoms with Crippen molar-refractivity contribution in [2.45, 2.75) is 6.54 Å². The van der Waals surface area contributed by atoms with Crippen LogP contribution in [0.2, 0.25) is 0 Å². The number of hydrogen-bond donors (Lipinski definition) is 2. The molecule has 3 N–H and O–H groups in total. The first-order valence-electron chi connectivity index (χ1n) is 6.02. The lowest BCUT2D eigenvalue weighted by Gasteiger charge is -2.09. The Hall–Kier alpha value is -1.93. The van der Waals surface area contributed by atoms with Gasteiger partial charge in [0.05, 0.1) is 30.5 Å². The first-order chi connectivity index (χ1) is 10.1. The molecule has 0 unspecified atom stereocenters. The fraction of sp³-hybridized carbons (Fsp3) is 0.154. The highest BCUT2D eigenvalue weighted by Crippen LogP contribution is 2.21. The second-order valence-electron chi connectivity index (χ2n) is 4.16. The van der Waals surface area contributed by atoms with E-state index in [2.05, 4.69) is 43.8 Å². The molecule has 0 atom stereocenters. The van der Waals surface area contributed by atoms with Gasteiger partial charge < -0.3 is 10.5 Å². The summed E-state index contributed by atoms with van der Waals surface area (Å²) in [6, 6.07) is 5.75. The summed E-state index contributed by atoms with van der Waals surface area (Å²) in [7, 11) is 1.64. The number of rotatable bonds is 5. The van der Waals surface area contributed by atoms with Crippen LogP contribution < -0.4 is 15.9 Å². The van der Waals surface area contributed by atoms with E-state index in [1.165, 1.54) is 0 Å². The minimum atomic E-state index is 0.126. The molecular formula is C13H14BrN5OS. The second kappa shape index (κ2) is 7.19. The zero-order chi connectivity index (χ0) is 15.2. The molecular weight excluding hydrogens is 354 g/mol. The minimum Gasteiger partial charge on any atom is -0.496 e. The molecule has 0 radical (unpaired) electrons. The molecule has 2 aromatic rings. The summed E-state index contributed by atoms with van der Waals surface area (Å²) >= 11 is 8.06. The van der Waals surface area contributed by atoms with Crippen LogP contribution in [-0.2, 0) is 6.54 Å². The fourth-order valence-corrected chi connectivity index (χ4v) is 2.15. The lowest BCUT2D eigenvalue weighted by molar-refractivity contribution is 0.407. The van der Waals surface area contributed by atoms with Crippen LogP contribution in [0, 0.1) is 0 Å². The van der Waals surface area contributed by atoms with Crippen LogP contribution in [0.15, 0.2) is 40.2 Å². The van der Waals surface area contributed by atoms with E-state index >= 15 is 0 Å². The zero-order valence-corrected chi connectivity index (χ0v) is 13.7. The number of ether oxygens (including phenoxy) is 1. The van der Waals surface area contributed by atoms with Gasteiger partial charge in [-0.3, -0.25) is 10.1 Å². The third kappa shape index (κ3) is 4.54. The van der Waals surface area contributed by atoms with Gasteiger partial charge in [-0.1, -0.05) is 0 Å². The van der Waals surface area contributed by atoms with Crippen LogP contribution in [0.4, 0.5) is 0 Å². The summed E-state index contributed by atoms with van der Waals surface area (Å²) < 4.78 is 8.11. The van der Waals surface area contributed by atoms with E-state index in [9.17, 15) is 0 Å². The third-order valence-electron chi connectivity index (χ3n) is 2.63. The van der Waals surface area contributed by atoms with Gasteiger partial charge in [0.25, 0.3) is 0 Å². The molecule has 1 heterocycles. The highest BCUT2D eigenvalue weighted by Gasteiger charge is 2.06. The van der Waals surface area contributed by atoms with Gasteiger partial charge in [-0.15, -0.1) is 0 Å².